The van der Waals surface area contributed by atoms with Crippen LogP contribution in [0.4, 0.5) is 5.82 Å². The molecule has 2 aliphatic rings. The number of ether oxygens (including phenoxy) is 1. The Morgan fingerprint density at radius 1 is 1.10 bits per heavy atom. The zero-order chi connectivity index (χ0) is 19.5. The van der Waals surface area contributed by atoms with Crippen molar-refractivity contribution in [1.29, 1.82) is 0 Å². The number of fused-ring (bicyclic) bond motifs is 1. The van der Waals surface area contributed by atoms with Gasteiger partial charge in [0.05, 0.1) is 18.6 Å². The number of piperidine rings is 1. The molecule has 154 valence electrons. The van der Waals surface area contributed by atoms with Crippen molar-refractivity contribution in [3.8, 4) is 11.1 Å². The minimum absolute atomic E-state index is 0.591. The summed E-state index contributed by atoms with van der Waals surface area (Å²) >= 11 is 1.75. The minimum Gasteiger partial charge on any atom is -0.380 e. The van der Waals surface area contributed by atoms with Crippen molar-refractivity contribution in [2.45, 2.75) is 25.7 Å². The summed E-state index contributed by atoms with van der Waals surface area (Å²) in [6.45, 7) is 7.44. The molecule has 5 nitrogen and oxygen atoms in total. The number of benzene rings is 1. The Hall–Kier alpha value is -1.89. The molecule has 4 heterocycles. The third-order valence-electron chi connectivity index (χ3n) is 6.29. The van der Waals surface area contributed by atoms with E-state index in [1.165, 1.54) is 60.1 Å². The largest absolute Gasteiger partial charge is 0.380 e. The summed E-state index contributed by atoms with van der Waals surface area (Å²) < 4.78 is 6.07. The zero-order valence-electron chi connectivity index (χ0n) is 17.0. The highest BCUT2D eigenvalue weighted by molar-refractivity contribution is 7.17. The highest BCUT2D eigenvalue weighted by Gasteiger charge is 2.25. The molecule has 0 amide bonds. The highest BCUT2D eigenvalue weighted by Crippen LogP contribution is 2.39. The van der Waals surface area contributed by atoms with Crippen LogP contribution in [0.3, 0.4) is 0 Å². The Bertz CT molecular complexity index is 916. The number of nitrogens with one attached hydrogen (secondary N) is 1. The molecule has 1 atom stereocenters. The van der Waals surface area contributed by atoms with Crippen LogP contribution in [0.15, 0.2) is 35.7 Å². The van der Waals surface area contributed by atoms with Gasteiger partial charge in [-0.3, -0.25) is 5.10 Å². The normalized spacial score (nSPS) is 20.7. The maximum Gasteiger partial charge on any atom is 0.159 e. The molecule has 2 saturated heterocycles. The number of likely N-dealkylation sites (tertiary alicyclic amines) is 1. The van der Waals surface area contributed by atoms with Gasteiger partial charge in [0.2, 0.25) is 0 Å². The Balaban J connectivity index is 1.25. The van der Waals surface area contributed by atoms with Gasteiger partial charge in [-0.15, -0.1) is 11.3 Å². The summed E-state index contributed by atoms with van der Waals surface area (Å²) in [6.07, 6.45) is 5.16. The molecule has 5 rings (SSSR count). The average molecular weight is 411 g/mol. The van der Waals surface area contributed by atoms with E-state index in [1.807, 2.05) is 0 Å². The minimum atomic E-state index is 0.591. The van der Waals surface area contributed by atoms with Crippen molar-refractivity contribution in [1.82, 2.24) is 15.1 Å². The van der Waals surface area contributed by atoms with Gasteiger partial charge in [-0.25, -0.2) is 0 Å². The topological polar surface area (TPSA) is 44.4 Å². The number of rotatable bonds is 7. The lowest BCUT2D eigenvalue weighted by atomic mass is 9.98. The molecule has 2 fully saturated rings. The van der Waals surface area contributed by atoms with Crippen molar-refractivity contribution in [3.05, 3.63) is 35.7 Å². The first-order valence-electron chi connectivity index (χ1n) is 10.9. The van der Waals surface area contributed by atoms with Crippen molar-refractivity contribution < 1.29 is 4.74 Å². The predicted octanol–water partition coefficient (Wildman–Crippen LogP) is 4.62. The second-order valence-corrected chi connectivity index (χ2v) is 9.22. The van der Waals surface area contributed by atoms with Crippen molar-refractivity contribution in [2.75, 3.05) is 50.8 Å². The van der Waals surface area contributed by atoms with Gasteiger partial charge in [-0.1, -0.05) is 30.3 Å². The Morgan fingerprint density at radius 3 is 2.83 bits per heavy atom. The van der Waals surface area contributed by atoms with Gasteiger partial charge in [0.25, 0.3) is 0 Å². The fourth-order valence-electron chi connectivity index (χ4n) is 4.72. The summed E-state index contributed by atoms with van der Waals surface area (Å²) in [4.78, 5) is 6.16. The molecule has 3 aromatic rings. The van der Waals surface area contributed by atoms with Gasteiger partial charge in [0.15, 0.2) is 5.82 Å². The first-order chi connectivity index (χ1) is 14.4. The van der Waals surface area contributed by atoms with Crippen molar-refractivity contribution >= 4 is 27.4 Å². The van der Waals surface area contributed by atoms with E-state index in [2.05, 4.69) is 50.6 Å². The highest BCUT2D eigenvalue weighted by atomic mass is 32.1. The number of nitrogens with zero attached hydrogens (tertiary/aromatic N) is 3. The molecule has 0 aliphatic carbocycles. The second-order valence-electron chi connectivity index (χ2n) is 8.34. The monoisotopic (exact) mass is 410 g/mol. The fourth-order valence-corrected chi connectivity index (χ4v) is 5.63. The summed E-state index contributed by atoms with van der Waals surface area (Å²) in [5.41, 5.74) is 2.55. The fraction of sp³-hybridized carbons (Fsp3) is 0.522. The lowest BCUT2D eigenvalue weighted by molar-refractivity contribution is 0.0779. The molecule has 29 heavy (non-hydrogen) atoms. The molecule has 1 N–H and O–H groups in total. The van der Waals surface area contributed by atoms with Crippen LogP contribution >= 0.6 is 11.3 Å². The number of hydrogen-bond donors (Lipinski definition) is 1. The molecule has 0 bridgehead atoms. The van der Waals surface area contributed by atoms with Crippen molar-refractivity contribution in [3.63, 3.8) is 0 Å². The van der Waals surface area contributed by atoms with Gasteiger partial charge in [0, 0.05) is 30.6 Å². The Labute approximate surface area is 176 Å². The van der Waals surface area contributed by atoms with Crippen LogP contribution in [0.25, 0.3) is 21.3 Å². The SMILES string of the molecule is c1ccc(-c2csc3[nH]nc(N4CCCC(COCCN5CCCC5)C4)c23)cc1. The third kappa shape index (κ3) is 4.20. The van der Waals surface area contributed by atoms with Crippen LogP contribution in [0.1, 0.15) is 25.7 Å². The van der Waals surface area contributed by atoms with E-state index >= 15 is 0 Å². The molecule has 2 aliphatic heterocycles. The Morgan fingerprint density at radius 2 is 1.97 bits per heavy atom. The third-order valence-corrected chi connectivity index (χ3v) is 7.17. The Kier molecular flexibility index (Phi) is 5.83. The average Bonchev–Trinajstić information content (AvgIpc) is 3.50. The summed E-state index contributed by atoms with van der Waals surface area (Å²) in [5.74, 6) is 1.70. The first-order valence-corrected chi connectivity index (χ1v) is 11.8. The summed E-state index contributed by atoms with van der Waals surface area (Å²) in [5, 5.41) is 11.5. The van der Waals surface area contributed by atoms with E-state index in [4.69, 9.17) is 9.84 Å². The number of aromatic nitrogens is 2. The molecular formula is C23H30N4OS. The van der Waals surface area contributed by atoms with Crippen LogP contribution in [0, 0.1) is 5.92 Å². The molecule has 0 radical (unpaired) electrons. The maximum atomic E-state index is 6.07. The number of H-pyrrole nitrogens is 1. The van der Waals surface area contributed by atoms with Gasteiger partial charge in [-0.2, -0.15) is 5.10 Å². The van der Waals surface area contributed by atoms with E-state index in [0.29, 0.717) is 5.92 Å². The van der Waals surface area contributed by atoms with E-state index < -0.39 is 0 Å². The lowest BCUT2D eigenvalue weighted by Gasteiger charge is -2.33. The van der Waals surface area contributed by atoms with E-state index in [-0.39, 0.29) is 0 Å². The van der Waals surface area contributed by atoms with Crippen LogP contribution in [-0.2, 0) is 4.74 Å². The zero-order valence-corrected chi connectivity index (χ0v) is 17.8. The summed E-state index contributed by atoms with van der Waals surface area (Å²) in [7, 11) is 0. The number of thiophene rings is 1. The number of hydrogen-bond acceptors (Lipinski definition) is 5. The molecule has 2 aromatic heterocycles. The standard InChI is InChI=1S/C23H30N4OS/c1-2-8-19(9-3-1)20-17-29-23-21(20)22(24-25-23)27-12-6-7-18(15-27)16-28-14-13-26-10-4-5-11-26/h1-3,8-9,17-18H,4-7,10-16H2,(H,24,25). The molecule has 0 saturated carbocycles. The quantitative estimate of drug-likeness (QED) is 0.577. The molecule has 1 unspecified atom stereocenters. The van der Waals surface area contributed by atoms with E-state index in [1.54, 1.807) is 11.3 Å². The van der Waals surface area contributed by atoms with E-state index in [0.717, 1.165) is 38.7 Å². The smallest absolute Gasteiger partial charge is 0.159 e. The molecule has 1 aromatic carbocycles. The van der Waals surface area contributed by atoms with E-state index in [9.17, 15) is 0 Å². The molecular weight excluding hydrogens is 380 g/mol. The van der Waals surface area contributed by atoms with Crippen molar-refractivity contribution in [2.24, 2.45) is 5.92 Å². The van der Waals surface area contributed by atoms with Gasteiger partial charge in [0.1, 0.15) is 4.83 Å². The predicted molar refractivity (Wildman–Crippen MR) is 121 cm³/mol. The number of aromatic amines is 1. The number of anilines is 1. The van der Waals surface area contributed by atoms with Gasteiger partial charge >= 0.3 is 0 Å². The van der Waals surface area contributed by atoms with Crippen LogP contribution in [0.5, 0.6) is 0 Å². The maximum absolute atomic E-state index is 6.07. The lowest BCUT2D eigenvalue weighted by Crippen LogP contribution is -2.38. The summed E-state index contributed by atoms with van der Waals surface area (Å²) in [6, 6.07) is 10.7. The van der Waals surface area contributed by atoms with Crippen LogP contribution in [-0.4, -0.2) is 61.0 Å². The first kappa shape index (κ1) is 19.1. The van der Waals surface area contributed by atoms with Gasteiger partial charge < -0.3 is 14.5 Å². The molecule has 6 heteroatoms. The van der Waals surface area contributed by atoms with Crippen LogP contribution < -0.4 is 4.90 Å². The molecule has 0 spiro atoms. The van der Waals surface area contributed by atoms with Crippen LogP contribution in [0.2, 0.25) is 0 Å². The second kappa shape index (κ2) is 8.86. The van der Waals surface area contributed by atoms with Gasteiger partial charge in [-0.05, 0) is 50.3 Å².